The zero-order valence-electron chi connectivity index (χ0n) is 15.0. The number of nitrogens with one attached hydrogen (secondary N) is 1. The molecule has 138 valence electrons. The van der Waals surface area contributed by atoms with Gasteiger partial charge in [0.25, 0.3) is 0 Å². The average Bonchev–Trinajstić information content (AvgIpc) is 2.73. The number of benzene rings is 2. The van der Waals surface area contributed by atoms with Crippen LogP contribution < -0.4 is 14.8 Å². The van der Waals surface area contributed by atoms with Gasteiger partial charge in [-0.25, -0.2) is 0 Å². The normalized spacial score (nSPS) is 10.3. The third-order valence-corrected chi connectivity index (χ3v) is 4.63. The molecule has 1 N–H and O–H groups in total. The highest BCUT2D eigenvalue weighted by Crippen LogP contribution is 2.23. The lowest BCUT2D eigenvalue weighted by Crippen LogP contribution is -2.14. The molecule has 0 aliphatic rings. The monoisotopic (exact) mass is 381 g/mol. The molecule has 1 aromatic heterocycles. The van der Waals surface area contributed by atoms with E-state index in [1.807, 2.05) is 54.6 Å². The summed E-state index contributed by atoms with van der Waals surface area (Å²) in [6, 6.07) is 18.6. The maximum absolute atomic E-state index is 12.1. The van der Waals surface area contributed by atoms with Gasteiger partial charge < -0.3 is 14.8 Å². The number of rotatable bonds is 7. The van der Waals surface area contributed by atoms with Crippen molar-refractivity contribution in [2.75, 3.05) is 25.3 Å². The molecule has 0 saturated carbocycles. The van der Waals surface area contributed by atoms with Crippen LogP contribution in [-0.4, -0.2) is 36.1 Å². The Morgan fingerprint density at radius 1 is 0.963 bits per heavy atom. The van der Waals surface area contributed by atoms with E-state index in [9.17, 15) is 4.79 Å². The molecule has 0 aliphatic heterocycles. The van der Waals surface area contributed by atoms with Crippen molar-refractivity contribution in [2.45, 2.75) is 5.03 Å². The summed E-state index contributed by atoms with van der Waals surface area (Å²) in [7, 11) is 3.21. The summed E-state index contributed by atoms with van der Waals surface area (Å²) in [6.45, 7) is 0. The standard InChI is InChI=1S/C20H19N3O3S/c1-25-16-7-3-5-14(11-16)18-9-10-20(23-22-18)27-13-19(24)21-15-6-4-8-17(12-15)26-2/h3-12H,13H2,1-2H3,(H,21,24). The van der Waals surface area contributed by atoms with E-state index in [1.54, 1.807) is 20.3 Å². The lowest BCUT2D eigenvalue weighted by atomic mass is 10.1. The highest BCUT2D eigenvalue weighted by atomic mass is 32.2. The molecular weight excluding hydrogens is 362 g/mol. The zero-order valence-corrected chi connectivity index (χ0v) is 15.8. The highest BCUT2D eigenvalue weighted by molar-refractivity contribution is 7.99. The first-order valence-electron chi connectivity index (χ1n) is 8.23. The Hall–Kier alpha value is -3.06. The molecule has 0 bridgehead atoms. The SMILES string of the molecule is COc1cccc(NC(=O)CSc2ccc(-c3cccc(OC)c3)nn2)c1. The lowest BCUT2D eigenvalue weighted by Gasteiger charge is -2.07. The van der Waals surface area contributed by atoms with Crippen LogP contribution in [0.25, 0.3) is 11.3 Å². The van der Waals surface area contributed by atoms with Gasteiger partial charge >= 0.3 is 0 Å². The van der Waals surface area contributed by atoms with Crippen molar-refractivity contribution < 1.29 is 14.3 Å². The molecule has 1 amide bonds. The second-order valence-corrected chi connectivity index (χ2v) is 6.55. The summed E-state index contributed by atoms with van der Waals surface area (Å²) >= 11 is 1.33. The molecule has 0 saturated heterocycles. The van der Waals surface area contributed by atoms with E-state index in [1.165, 1.54) is 11.8 Å². The van der Waals surface area contributed by atoms with Gasteiger partial charge in [0.2, 0.25) is 5.91 Å². The highest BCUT2D eigenvalue weighted by Gasteiger charge is 2.07. The second kappa shape index (κ2) is 9.05. The molecule has 0 radical (unpaired) electrons. The van der Waals surface area contributed by atoms with Crippen LogP contribution in [0, 0.1) is 0 Å². The van der Waals surface area contributed by atoms with Crippen LogP contribution >= 0.6 is 11.8 Å². The zero-order chi connectivity index (χ0) is 19.1. The third-order valence-electron chi connectivity index (χ3n) is 3.71. The summed E-state index contributed by atoms with van der Waals surface area (Å²) in [5, 5.41) is 11.9. The predicted molar refractivity (Wildman–Crippen MR) is 106 cm³/mol. The summed E-state index contributed by atoms with van der Waals surface area (Å²) in [5.74, 6) is 1.58. The predicted octanol–water partition coefficient (Wildman–Crippen LogP) is 3.89. The quantitative estimate of drug-likeness (QED) is 0.626. The van der Waals surface area contributed by atoms with Gasteiger partial charge in [-0.05, 0) is 36.4 Å². The van der Waals surface area contributed by atoms with Crippen LogP contribution in [0.3, 0.4) is 0 Å². The van der Waals surface area contributed by atoms with Crippen molar-refractivity contribution in [2.24, 2.45) is 0 Å². The molecule has 2 aromatic carbocycles. The topological polar surface area (TPSA) is 73.3 Å². The smallest absolute Gasteiger partial charge is 0.234 e. The van der Waals surface area contributed by atoms with E-state index < -0.39 is 0 Å². The summed E-state index contributed by atoms with van der Waals surface area (Å²) in [6.07, 6.45) is 0. The van der Waals surface area contributed by atoms with E-state index in [4.69, 9.17) is 9.47 Å². The first-order valence-corrected chi connectivity index (χ1v) is 9.21. The van der Waals surface area contributed by atoms with Crippen molar-refractivity contribution in [1.29, 1.82) is 0 Å². The van der Waals surface area contributed by atoms with Crippen molar-refractivity contribution >= 4 is 23.4 Å². The average molecular weight is 381 g/mol. The molecule has 7 heteroatoms. The molecule has 0 atom stereocenters. The fourth-order valence-electron chi connectivity index (χ4n) is 2.37. The molecular formula is C20H19N3O3S. The Balaban J connectivity index is 1.57. The molecule has 27 heavy (non-hydrogen) atoms. The minimum atomic E-state index is -0.119. The number of ether oxygens (including phenoxy) is 2. The third kappa shape index (κ3) is 5.21. The van der Waals surface area contributed by atoms with E-state index in [2.05, 4.69) is 15.5 Å². The van der Waals surface area contributed by atoms with Gasteiger partial charge in [0.1, 0.15) is 16.5 Å². The largest absolute Gasteiger partial charge is 0.497 e. The van der Waals surface area contributed by atoms with Gasteiger partial charge in [0, 0.05) is 17.3 Å². The summed E-state index contributed by atoms with van der Waals surface area (Å²) in [5.41, 5.74) is 2.37. The van der Waals surface area contributed by atoms with Gasteiger partial charge in [-0.15, -0.1) is 10.2 Å². The van der Waals surface area contributed by atoms with Gasteiger partial charge in [-0.3, -0.25) is 4.79 Å². The van der Waals surface area contributed by atoms with Crippen LogP contribution in [0.4, 0.5) is 5.69 Å². The number of nitrogens with zero attached hydrogens (tertiary/aromatic N) is 2. The first-order chi connectivity index (χ1) is 13.2. The van der Waals surface area contributed by atoms with E-state index in [0.717, 1.165) is 17.0 Å². The summed E-state index contributed by atoms with van der Waals surface area (Å²) in [4.78, 5) is 12.1. The minimum Gasteiger partial charge on any atom is -0.497 e. The first kappa shape index (κ1) is 18.7. The fourth-order valence-corrected chi connectivity index (χ4v) is 2.98. The minimum absolute atomic E-state index is 0.119. The van der Waals surface area contributed by atoms with Crippen LogP contribution in [0.5, 0.6) is 11.5 Å². The molecule has 6 nitrogen and oxygen atoms in total. The van der Waals surface area contributed by atoms with E-state index >= 15 is 0 Å². The molecule has 3 aromatic rings. The van der Waals surface area contributed by atoms with E-state index in [0.29, 0.717) is 16.5 Å². The van der Waals surface area contributed by atoms with Crippen molar-refractivity contribution in [1.82, 2.24) is 10.2 Å². The second-order valence-electron chi connectivity index (χ2n) is 5.56. The van der Waals surface area contributed by atoms with Crippen molar-refractivity contribution in [3.63, 3.8) is 0 Å². The number of aromatic nitrogens is 2. The molecule has 3 rings (SSSR count). The number of amides is 1. The Bertz CT molecular complexity index is 916. The Morgan fingerprint density at radius 3 is 2.41 bits per heavy atom. The molecule has 0 spiro atoms. The van der Waals surface area contributed by atoms with E-state index in [-0.39, 0.29) is 11.7 Å². The van der Waals surface area contributed by atoms with Crippen LogP contribution in [0.15, 0.2) is 65.7 Å². The van der Waals surface area contributed by atoms with Gasteiger partial charge in [-0.1, -0.05) is 30.0 Å². The van der Waals surface area contributed by atoms with Crippen LogP contribution in [0.2, 0.25) is 0 Å². The fraction of sp³-hybridized carbons (Fsp3) is 0.150. The Kier molecular flexibility index (Phi) is 6.27. The molecule has 1 heterocycles. The Morgan fingerprint density at radius 2 is 1.70 bits per heavy atom. The number of anilines is 1. The lowest BCUT2D eigenvalue weighted by molar-refractivity contribution is -0.113. The molecule has 0 fully saturated rings. The van der Waals surface area contributed by atoms with Gasteiger partial charge in [0.05, 0.1) is 25.7 Å². The number of hydrogen-bond acceptors (Lipinski definition) is 6. The van der Waals surface area contributed by atoms with Crippen LogP contribution in [0.1, 0.15) is 0 Å². The Labute approximate surface area is 161 Å². The number of methoxy groups -OCH3 is 2. The number of hydrogen-bond donors (Lipinski definition) is 1. The van der Waals surface area contributed by atoms with Gasteiger partial charge in [0.15, 0.2) is 0 Å². The maximum Gasteiger partial charge on any atom is 0.234 e. The van der Waals surface area contributed by atoms with Crippen LogP contribution in [-0.2, 0) is 4.79 Å². The van der Waals surface area contributed by atoms with Crippen molar-refractivity contribution in [3.05, 3.63) is 60.7 Å². The van der Waals surface area contributed by atoms with Gasteiger partial charge in [-0.2, -0.15) is 0 Å². The summed E-state index contributed by atoms with van der Waals surface area (Å²) < 4.78 is 10.4. The number of carbonyl (C=O) groups is 1. The van der Waals surface area contributed by atoms with Crippen molar-refractivity contribution in [3.8, 4) is 22.8 Å². The maximum atomic E-state index is 12.1. The number of carbonyl (C=O) groups excluding carboxylic acids is 1. The number of thioether (sulfide) groups is 1. The molecule has 0 aliphatic carbocycles. The molecule has 0 unspecified atom stereocenters.